The van der Waals surface area contributed by atoms with Gasteiger partial charge in [0.2, 0.25) is 0 Å². The third kappa shape index (κ3) is 1.23. The molecule has 0 spiro atoms. The maximum absolute atomic E-state index is 10.9. The zero-order valence-corrected chi connectivity index (χ0v) is 10.0. The summed E-state index contributed by atoms with van der Waals surface area (Å²) in [5.74, 6) is 0. The summed E-state index contributed by atoms with van der Waals surface area (Å²) in [6.45, 7) is 1.97. The highest BCUT2D eigenvalue weighted by Gasteiger charge is 2.14. The van der Waals surface area contributed by atoms with Crippen LogP contribution in [0.2, 0.25) is 0 Å². The Kier molecular flexibility index (Phi) is 2.12. The molecule has 0 saturated heterocycles. The van der Waals surface area contributed by atoms with E-state index in [4.69, 9.17) is 0 Å². The first-order valence-corrected chi connectivity index (χ1v) is 6.38. The predicted molar refractivity (Wildman–Crippen MR) is 64.3 cm³/mol. The van der Waals surface area contributed by atoms with Gasteiger partial charge in [0.1, 0.15) is 5.69 Å². The van der Waals surface area contributed by atoms with Crippen molar-refractivity contribution < 1.29 is 4.79 Å². The molecule has 0 aliphatic rings. The van der Waals surface area contributed by atoms with Crippen molar-refractivity contribution >= 4 is 33.9 Å². The number of thiazole rings is 2. The van der Waals surface area contributed by atoms with Crippen molar-refractivity contribution in [2.45, 2.75) is 6.92 Å². The highest BCUT2D eigenvalue weighted by molar-refractivity contribution is 7.16. The minimum absolute atomic E-state index is 0.582. The van der Waals surface area contributed by atoms with Gasteiger partial charge < -0.3 is 0 Å². The normalized spacial score (nSPS) is 11.1. The lowest BCUT2D eigenvalue weighted by molar-refractivity contribution is 0.111. The summed E-state index contributed by atoms with van der Waals surface area (Å²) in [6.07, 6.45) is 2.42. The Hall–Kier alpha value is -1.53. The minimum atomic E-state index is 0.582. The Morgan fingerprint density at radius 2 is 2.25 bits per heavy atom. The Morgan fingerprint density at radius 3 is 2.94 bits per heavy atom. The highest BCUT2D eigenvalue weighted by atomic mass is 32.1. The molecule has 0 aliphatic carbocycles. The molecule has 0 radical (unpaired) electrons. The van der Waals surface area contributed by atoms with E-state index in [2.05, 4.69) is 9.97 Å². The third-order valence-electron chi connectivity index (χ3n) is 2.37. The molecule has 3 rings (SSSR count). The van der Waals surface area contributed by atoms with Gasteiger partial charge in [0, 0.05) is 5.38 Å². The number of nitrogens with zero attached hydrogens (tertiary/aromatic N) is 3. The molecule has 0 amide bonds. The van der Waals surface area contributed by atoms with Crippen molar-refractivity contribution in [3.63, 3.8) is 0 Å². The number of carbonyl (C=O) groups is 1. The van der Waals surface area contributed by atoms with Gasteiger partial charge in [-0.15, -0.1) is 22.7 Å². The van der Waals surface area contributed by atoms with Gasteiger partial charge >= 0.3 is 0 Å². The Balaban J connectivity index is 2.35. The fourth-order valence-electron chi connectivity index (χ4n) is 1.62. The number of carbonyl (C=O) groups excluding carboxylic acids is 1. The van der Waals surface area contributed by atoms with Gasteiger partial charge in [-0.3, -0.25) is 9.20 Å². The standard InChI is InChI=1S/C10H7N3OS2/c1-6-9(16-5-12-6)8-4-15-10-11-2-7(3-14)13(8)10/h2-5H,1H3. The fraction of sp³-hybridized carbons (Fsp3) is 0.100. The van der Waals surface area contributed by atoms with E-state index < -0.39 is 0 Å². The molecule has 0 unspecified atom stereocenters. The summed E-state index contributed by atoms with van der Waals surface area (Å²) < 4.78 is 1.87. The largest absolute Gasteiger partial charge is 0.296 e. The van der Waals surface area contributed by atoms with Crippen LogP contribution in [0.4, 0.5) is 0 Å². The molecule has 0 saturated carbocycles. The maximum atomic E-state index is 10.9. The van der Waals surface area contributed by atoms with Crippen LogP contribution in [0.3, 0.4) is 0 Å². The molecule has 4 nitrogen and oxygen atoms in total. The minimum Gasteiger partial charge on any atom is -0.296 e. The first kappa shape index (κ1) is 9.68. The summed E-state index contributed by atoms with van der Waals surface area (Å²) in [5.41, 5.74) is 4.37. The van der Waals surface area contributed by atoms with Crippen LogP contribution in [0, 0.1) is 6.92 Å². The average Bonchev–Trinajstić information content (AvgIpc) is 2.92. The second-order valence-electron chi connectivity index (χ2n) is 3.31. The van der Waals surface area contributed by atoms with Gasteiger partial charge in [0.25, 0.3) is 0 Å². The summed E-state index contributed by atoms with van der Waals surface area (Å²) in [4.78, 5) is 21.3. The Bertz CT molecular complexity index is 665. The Morgan fingerprint density at radius 1 is 1.38 bits per heavy atom. The Labute approximate surface area is 99.2 Å². The van der Waals surface area contributed by atoms with Gasteiger partial charge in [-0.1, -0.05) is 0 Å². The van der Waals surface area contributed by atoms with Crippen molar-refractivity contribution in [2.24, 2.45) is 0 Å². The molecule has 0 aliphatic heterocycles. The van der Waals surface area contributed by atoms with E-state index in [9.17, 15) is 4.79 Å². The number of aldehydes is 1. The van der Waals surface area contributed by atoms with Crippen LogP contribution in [0.25, 0.3) is 15.5 Å². The molecule has 0 atom stereocenters. The van der Waals surface area contributed by atoms with Crippen LogP contribution >= 0.6 is 22.7 Å². The first-order chi connectivity index (χ1) is 7.81. The molecular formula is C10H7N3OS2. The van der Waals surface area contributed by atoms with Crippen LogP contribution < -0.4 is 0 Å². The zero-order valence-electron chi connectivity index (χ0n) is 8.38. The molecule has 0 fully saturated rings. The van der Waals surface area contributed by atoms with E-state index in [1.54, 1.807) is 17.5 Å². The number of hydrogen-bond donors (Lipinski definition) is 0. The van der Waals surface area contributed by atoms with Crippen LogP contribution in [0.1, 0.15) is 16.2 Å². The second kappa shape index (κ2) is 3.50. The van der Waals surface area contributed by atoms with Gasteiger partial charge in [-0.2, -0.15) is 0 Å². The molecular weight excluding hydrogens is 242 g/mol. The molecule has 3 heterocycles. The monoisotopic (exact) mass is 249 g/mol. The number of fused-ring (bicyclic) bond motifs is 1. The fourth-order valence-corrected chi connectivity index (χ4v) is 3.37. The van der Waals surface area contributed by atoms with E-state index in [-0.39, 0.29) is 0 Å². The van der Waals surface area contributed by atoms with Crippen molar-refractivity contribution in [2.75, 3.05) is 0 Å². The van der Waals surface area contributed by atoms with Gasteiger partial charge in [-0.25, -0.2) is 9.97 Å². The summed E-state index contributed by atoms with van der Waals surface area (Å²) in [6, 6.07) is 0. The number of imidazole rings is 1. The second-order valence-corrected chi connectivity index (χ2v) is 5.00. The molecule has 0 N–H and O–H groups in total. The smallest absolute Gasteiger partial charge is 0.194 e. The number of aryl methyl sites for hydroxylation is 1. The molecule has 3 aromatic heterocycles. The van der Waals surface area contributed by atoms with Crippen molar-refractivity contribution in [3.8, 4) is 10.6 Å². The molecule has 6 heteroatoms. The van der Waals surface area contributed by atoms with Gasteiger partial charge in [-0.05, 0) is 6.92 Å². The maximum Gasteiger partial charge on any atom is 0.194 e. The third-order valence-corrected chi connectivity index (χ3v) is 4.16. The van der Waals surface area contributed by atoms with E-state index in [0.29, 0.717) is 5.69 Å². The topological polar surface area (TPSA) is 47.3 Å². The molecule has 3 aromatic rings. The van der Waals surface area contributed by atoms with E-state index in [0.717, 1.165) is 27.5 Å². The lowest BCUT2D eigenvalue weighted by Crippen LogP contribution is -1.91. The van der Waals surface area contributed by atoms with Crippen LogP contribution in [-0.4, -0.2) is 20.7 Å². The van der Waals surface area contributed by atoms with Crippen LogP contribution in [0.5, 0.6) is 0 Å². The summed E-state index contributed by atoms with van der Waals surface area (Å²) in [5, 5.41) is 2.01. The van der Waals surface area contributed by atoms with Gasteiger partial charge in [0.05, 0.1) is 28.0 Å². The molecule has 0 aromatic carbocycles. The van der Waals surface area contributed by atoms with E-state index in [1.165, 1.54) is 11.3 Å². The van der Waals surface area contributed by atoms with Crippen molar-refractivity contribution in [1.82, 2.24) is 14.4 Å². The van der Waals surface area contributed by atoms with Crippen LogP contribution in [-0.2, 0) is 0 Å². The lowest BCUT2D eigenvalue weighted by Gasteiger charge is -1.97. The average molecular weight is 249 g/mol. The quantitative estimate of drug-likeness (QED) is 0.656. The zero-order chi connectivity index (χ0) is 11.1. The van der Waals surface area contributed by atoms with Gasteiger partial charge in [0.15, 0.2) is 11.2 Å². The van der Waals surface area contributed by atoms with Crippen molar-refractivity contribution in [1.29, 1.82) is 0 Å². The van der Waals surface area contributed by atoms with Crippen LogP contribution in [0.15, 0.2) is 17.1 Å². The highest BCUT2D eigenvalue weighted by Crippen LogP contribution is 2.31. The summed E-state index contributed by atoms with van der Waals surface area (Å²) >= 11 is 3.10. The first-order valence-electron chi connectivity index (χ1n) is 4.62. The number of hydrogen-bond acceptors (Lipinski definition) is 5. The molecule has 0 bridgehead atoms. The lowest BCUT2D eigenvalue weighted by atomic mass is 10.3. The van der Waals surface area contributed by atoms with E-state index in [1.807, 2.05) is 22.2 Å². The SMILES string of the molecule is Cc1ncsc1-c1csc2ncc(C=O)n12. The predicted octanol–water partition coefficient (Wildman–Crippen LogP) is 2.64. The number of rotatable bonds is 2. The number of aromatic nitrogens is 3. The van der Waals surface area contributed by atoms with Crippen molar-refractivity contribution in [3.05, 3.63) is 28.5 Å². The van der Waals surface area contributed by atoms with E-state index >= 15 is 0 Å². The summed E-state index contributed by atoms with van der Waals surface area (Å²) in [7, 11) is 0. The molecule has 80 valence electrons. The molecule has 16 heavy (non-hydrogen) atoms.